The van der Waals surface area contributed by atoms with Gasteiger partial charge in [0.05, 0.1) is 10.3 Å². The van der Waals surface area contributed by atoms with Crippen molar-refractivity contribution in [1.29, 1.82) is 0 Å². The highest BCUT2D eigenvalue weighted by molar-refractivity contribution is 9.10. The molecule has 1 amide bonds. The van der Waals surface area contributed by atoms with Crippen LogP contribution in [0.2, 0.25) is 0 Å². The standard InChI is InChI=1S/C17H16BrNO3S/c1-23(21,22)15-4-2-3-14(11-15)19-16(20)17(9-10-17)12-5-7-13(18)8-6-12/h2-8,11H,9-10H2,1H3,(H,19,20). The summed E-state index contributed by atoms with van der Waals surface area (Å²) in [5.41, 5.74) is 0.987. The maximum atomic E-state index is 12.7. The van der Waals surface area contributed by atoms with Gasteiger partial charge in [0.25, 0.3) is 0 Å². The highest BCUT2D eigenvalue weighted by Crippen LogP contribution is 2.49. The van der Waals surface area contributed by atoms with Crippen molar-refractivity contribution in [1.82, 2.24) is 0 Å². The maximum absolute atomic E-state index is 12.7. The van der Waals surface area contributed by atoms with Gasteiger partial charge in [-0.15, -0.1) is 0 Å². The Kier molecular flexibility index (Phi) is 4.06. The number of hydrogen-bond donors (Lipinski definition) is 1. The molecule has 1 N–H and O–H groups in total. The number of nitrogens with one attached hydrogen (secondary N) is 1. The second-order valence-electron chi connectivity index (χ2n) is 5.84. The molecule has 1 fully saturated rings. The van der Waals surface area contributed by atoms with Crippen LogP contribution in [0.5, 0.6) is 0 Å². The molecule has 0 aromatic heterocycles. The van der Waals surface area contributed by atoms with Gasteiger partial charge < -0.3 is 5.32 Å². The van der Waals surface area contributed by atoms with Crippen molar-refractivity contribution in [2.24, 2.45) is 0 Å². The Hall–Kier alpha value is -1.66. The van der Waals surface area contributed by atoms with Gasteiger partial charge >= 0.3 is 0 Å². The number of halogens is 1. The van der Waals surface area contributed by atoms with E-state index >= 15 is 0 Å². The van der Waals surface area contributed by atoms with Crippen LogP contribution in [0.1, 0.15) is 18.4 Å². The first kappa shape index (κ1) is 16.2. The van der Waals surface area contributed by atoms with E-state index in [2.05, 4.69) is 21.2 Å². The Morgan fingerprint density at radius 1 is 1.13 bits per heavy atom. The molecule has 3 rings (SSSR count). The Morgan fingerprint density at radius 3 is 2.35 bits per heavy atom. The minimum absolute atomic E-state index is 0.0922. The molecule has 23 heavy (non-hydrogen) atoms. The van der Waals surface area contributed by atoms with Crippen LogP contribution in [-0.2, 0) is 20.0 Å². The lowest BCUT2D eigenvalue weighted by Crippen LogP contribution is -2.27. The number of amides is 1. The molecule has 0 atom stereocenters. The summed E-state index contributed by atoms with van der Waals surface area (Å²) in [4.78, 5) is 12.9. The topological polar surface area (TPSA) is 63.2 Å². The van der Waals surface area contributed by atoms with Crippen molar-refractivity contribution in [3.8, 4) is 0 Å². The summed E-state index contributed by atoms with van der Waals surface area (Å²) in [6.07, 6.45) is 2.75. The van der Waals surface area contributed by atoms with Crippen LogP contribution in [0.3, 0.4) is 0 Å². The second-order valence-corrected chi connectivity index (χ2v) is 8.77. The van der Waals surface area contributed by atoms with Crippen molar-refractivity contribution >= 4 is 37.4 Å². The van der Waals surface area contributed by atoms with Crippen LogP contribution in [0.25, 0.3) is 0 Å². The van der Waals surface area contributed by atoms with Crippen molar-refractivity contribution in [2.75, 3.05) is 11.6 Å². The first-order chi connectivity index (χ1) is 10.8. The predicted octanol–water partition coefficient (Wildman–Crippen LogP) is 3.52. The first-order valence-corrected chi connectivity index (χ1v) is 9.87. The third-order valence-electron chi connectivity index (χ3n) is 4.10. The van der Waals surface area contributed by atoms with Gasteiger partial charge in [-0.25, -0.2) is 8.42 Å². The smallest absolute Gasteiger partial charge is 0.235 e. The fourth-order valence-corrected chi connectivity index (χ4v) is 3.53. The minimum atomic E-state index is -3.29. The molecule has 120 valence electrons. The van der Waals surface area contributed by atoms with E-state index in [0.29, 0.717) is 5.69 Å². The van der Waals surface area contributed by atoms with Crippen molar-refractivity contribution in [2.45, 2.75) is 23.2 Å². The van der Waals surface area contributed by atoms with E-state index in [-0.39, 0.29) is 10.8 Å². The van der Waals surface area contributed by atoms with Gasteiger partial charge in [0.1, 0.15) is 0 Å². The van der Waals surface area contributed by atoms with Crippen LogP contribution in [0.15, 0.2) is 57.9 Å². The Balaban J connectivity index is 1.84. The molecule has 0 radical (unpaired) electrons. The van der Waals surface area contributed by atoms with Crippen LogP contribution < -0.4 is 5.32 Å². The summed E-state index contributed by atoms with van der Waals surface area (Å²) in [7, 11) is -3.29. The average molecular weight is 394 g/mol. The zero-order valence-corrected chi connectivity index (χ0v) is 14.9. The van der Waals surface area contributed by atoms with Gasteiger partial charge in [-0.05, 0) is 48.7 Å². The zero-order valence-electron chi connectivity index (χ0n) is 12.5. The monoisotopic (exact) mass is 393 g/mol. The molecule has 6 heteroatoms. The molecule has 0 heterocycles. The lowest BCUT2D eigenvalue weighted by molar-refractivity contribution is -0.118. The molecular weight excluding hydrogens is 378 g/mol. The SMILES string of the molecule is CS(=O)(=O)c1cccc(NC(=O)C2(c3ccc(Br)cc3)CC2)c1. The van der Waals surface area contributed by atoms with Crippen LogP contribution >= 0.6 is 15.9 Å². The Morgan fingerprint density at radius 2 is 1.78 bits per heavy atom. The number of anilines is 1. The highest BCUT2D eigenvalue weighted by Gasteiger charge is 2.51. The number of benzene rings is 2. The molecule has 0 unspecified atom stereocenters. The first-order valence-electron chi connectivity index (χ1n) is 7.19. The third-order valence-corrected chi connectivity index (χ3v) is 5.74. The molecule has 1 saturated carbocycles. The van der Waals surface area contributed by atoms with E-state index in [1.54, 1.807) is 12.1 Å². The van der Waals surface area contributed by atoms with E-state index in [0.717, 1.165) is 29.1 Å². The van der Waals surface area contributed by atoms with Crippen molar-refractivity contribution in [3.05, 3.63) is 58.6 Å². The molecule has 0 saturated heterocycles. The number of carbonyl (C=O) groups excluding carboxylic acids is 1. The van der Waals surface area contributed by atoms with E-state index in [1.807, 2.05) is 24.3 Å². The zero-order chi connectivity index (χ0) is 16.7. The molecule has 4 nitrogen and oxygen atoms in total. The Bertz CT molecular complexity index is 856. The molecule has 1 aliphatic rings. The van der Waals surface area contributed by atoms with Crippen molar-refractivity contribution < 1.29 is 13.2 Å². The second kappa shape index (κ2) is 5.76. The minimum Gasteiger partial charge on any atom is -0.325 e. The summed E-state index contributed by atoms with van der Waals surface area (Å²) < 4.78 is 24.2. The molecule has 0 bridgehead atoms. The molecule has 2 aromatic carbocycles. The fraction of sp³-hybridized carbons (Fsp3) is 0.235. The summed E-state index contributed by atoms with van der Waals surface area (Å²) in [6.45, 7) is 0. The van der Waals surface area contributed by atoms with Crippen LogP contribution in [-0.4, -0.2) is 20.6 Å². The summed E-state index contributed by atoms with van der Waals surface area (Å²) in [5.74, 6) is -0.0922. The molecule has 0 aliphatic heterocycles. The highest BCUT2D eigenvalue weighted by atomic mass is 79.9. The van der Waals surface area contributed by atoms with Crippen LogP contribution in [0, 0.1) is 0 Å². The van der Waals surface area contributed by atoms with Gasteiger partial charge in [-0.3, -0.25) is 4.79 Å². The van der Waals surface area contributed by atoms with E-state index in [9.17, 15) is 13.2 Å². The van der Waals surface area contributed by atoms with Crippen molar-refractivity contribution in [3.63, 3.8) is 0 Å². The molecule has 1 aliphatic carbocycles. The molecule has 0 spiro atoms. The summed E-state index contributed by atoms with van der Waals surface area (Å²) in [6, 6.07) is 14.1. The quantitative estimate of drug-likeness (QED) is 0.863. The number of hydrogen-bond acceptors (Lipinski definition) is 3. The number of carbonyl (C=O) groups is 1. The lowest BCUT2D eigenvalue weighted by Gasteiger charge is -2.16. The fourth-order valence-electron chi connectivity index (χ4n) is 2.60. The summed E-state index contributed by atoms with van der Waals surface area (Å²) >= 11 is 3.39. The molecular formula is C17H16BrNO3S. The largest absolute Gasteiger partial charge is 0.325 e. The average Bonchev–Trinajstić information content (AvgIpc) is 3.29. The predicted molar refractivity (Wildman–Crippen MR) is 93.2 cm³/mol. The molecule has 2 aromatic rings. The normalized spacial score (nSPS) is 15.9. The van der Waals surface area contributed by atoms with E-state index in [1.165, 1.54) is 12.1 Å². The lowest BCUT2D eigenvalue weighted by atomic mass is 9.95. The van der Waals surface area contributed by atoms with Gasteiger partial charge in [-0.2, -0.15) is 0 Å². The van der Waals surface area contributed by atoms with Gasteiger partial charge in [0.15, 0.2) is 9.84 Å². The van der Waals surface area contributed by atoms with Gasteiger partial charge in [0.2, 0.25) is 5.91 Å². The van der Waals surface area contributed by atoms with E-state index < -0.39 is 15.3 Å². The van der Waals surface area contributed by atoms with Gasteiger partial charge in [0, 0.05) is 16.4 Å². The van der Waals surface area contributed by atoms with E-state index in [4.69, 9.17) is 0 Å². The van der Waals surface area contributed by atoms with Crippen LogP contribution in [0.4, 0.5) is 5.69 Å². The summed E-state index contributed by atoms with van der Waals surface area (Å²) in [5, 5.41) is 2.86. The third kappa shape index (κ3) is 3.33. The van der Waals surface area contributed by atoms with Gasteiger partial charge in [-0.1, -0.05) is 34.1 Å². The Labute approximate surface area is 144 Å². The number of sulfone groups is 1. The number of rotatable bonds is 4. The maximum Gasteiger partial charge on any atom is 0.235 e.